The van der Waals surface area contributed by atoms with E-state index in [0.29, 0.717) is 24.0 Å². The molecule has 0 aliphatic rings. The SMILES string of the molecule is CCNC(=O)COc1ccc(NC(=O)Nc2ccc(F)cc2F)cc1. The van der Waals surface area contributed by atoms with E-state index in [1.54, 1.807) is 31.2 Å². The van der Waals surface area contributed by atoms with E-state index < -0.39 is 17.7 Å². The lowest BCUT2D eigenvalue weighted by atomic mass is 10.3. The zero-order chi connectivity index (χ0) is 18.2. The average molecular weight is 349 g/mol. The number of carbonyl (C=O) groups excluding carboxylic acids is 2. The maximum absolute atomic E-state index is 13.5. The molecular weight excluding hydrogens is 332 g/mol. The van der Waals surface area contributed by atoms with Crippen molar-refractivity contribution in [3.63, 3.8) is 0 Å². The van der Waals surface area contributed by atoms with E-state index in [1.807, 2.05) is 0 Å². The fraction of sp³-hybridized carbons (Fsp3) is 0.176. The molecule has 0 aromatic heterocycles. The van der Waals surface area contributed by atoms with Crippen molar-refractivity contribution in [2.24, 2.45) is 0 Å². The van der Waals surface area contributed by atoms with Crippen LogP contribution in [0.15, 0.2) is 42.5 Å². The Morgan fingerprint density at radius 3 is 2.40 bits per heavy atom. The van der Waals surface area contributed by atoms with Gasteiger partial charge >= 0.3 is 6.03 Å². The molecule has 3 amide bonds. The zero-order valence-electron chi connectivity index (χ0n) is 13.4. The summed E-state index contributed by atoms with van der Waals surface area (Å²) in [7, 11) is 0. The van der Waals surface area contributed by atoms with Crippen molar-refractivity contribution in [1.82, 2.24) is 5.32 Å². The summed E-state index contributed by atoms with van der Waals surface area (Å²) in [5, 5.41) is 7.38. The van der Waals surface area contributed by atoms with Crippen LogP contribution in [-0.2, 0) is 4.79 Å². The number of hydrogen-bond donors (Lipinski definition) is 3. The van der Waals surface area contributed by atoms with E-state index in [9.17, 15) is 18.4 Å². The number of anilines is 2. The van der Waals surface area contributed by atoms with Gasteiger partial charge in [-0.15, -0.1) is 0 Å². The Kier molecular flexibility index (Phi) is 6.27. The smallest absolute Gasteiger partial charge is 0.323 e. The first-order valence-electron chi connectivity index (χ1n) is 7.50. The van der Waals surface area contributed by atoms with Crippen molar-refractivity contribution < 1.29 is 23.1 Å². The van der Waals surface area contributed by atoms with Gasteiger partial charge in [-0.2, -0.15) is 0 Å². The van der Waals surface area contributed by atoms with Gasteiger partial charge in [0, 0.05) is 18.3 Å². The standard InChI is InChI=1S/C17H17F2N3O3/c1-2-20-16(23)10-25-13-6-4-12(5-7-13)21-17(24)22-15-8-3-11(18)9-14(15)19/h3-9H,2,10H2,1H3,(H,20,23)(H2,21,22,24). The van der Waals surface area contributed by atoms with Gasteiger partial charge in [-0.1, -0.05) is 0 Å². The topological polar surface area (TPSA) is 79.5 Å². The van der Waals surface area contributed by atoms with Crippen molar-refractivity contribution in [2.45, 2.75) is 6.92 Å². The number of rotatable bonds is 6. The number of hydrogen-bond acceptors (Lipinski definition) is 3. The molecule has 0 aliphatic carbocycles. The maximum atomic E-state index is 13.5. The van der Waals surface area contributed by atoms with Gasteiger partial charge in [0.2, 0.25) is 0 Å². The monoisotopic (exact) mass is 349 g/mol. The van der Waals surface area contributed by atoms with Gasteiger partial charge in [0.05, 0.1) is 5.69 Å². The molecule has 0 radical (unpaired) electrons. The molecule has 0 saturated carbocycles. The Morgan fingerprint density at radius 2 is 1.76 bits per heavy atom. The lowest BCUT2D eigenvalue weighted by molar-refractivity contribution is -0.122. The van der Waals surface area contributed by atoms with Crippen molar-refractivity contribution >= 4 is 23.3 Å². The van der Waals surface area contributed by atoms with Crippen LogP contribution in [0.1, 0.15) is 6.92 Å². The highest BCUT2D eigenvalue weighted by molar-refractivity contribution is 5.99. The van der Waals surface area contributed by atoms with E-state index >= 15 is 0 Å². The van der Waals surface area contributed by atoms with Crippen molar-refractivity contribution in [3.05, 3.63) is 54.1 Å². The summed E-state index contributed by atoms with van der Waals surface area (Å²) in [6.07, 6.45) is 0. The molecule has 0 heterocycles. The predicted molar refractivity (Wildman–Crippen MR) is 89.6 cm³/mol. The third-order valence-corrected chi connectivity index (χ3v) is 3.04. The highest BCUT2D eigenvalue weighted by Crippen LogP contribution is 2.18. The summed E-state index contributed by atoms with van der Waals surface area (Å²) in [4.78, 5) is 23.1. The summed E-state index contributed by atoms with van der Waals surface area (Å²) >= 11 is 0. The molecule has 0 atom stereocenters. The van der Waals surface area contributed by atoms with Crippen molar-refractivity contribution in [2.75, 3.05) is 23.8 Å². The molecule has 2 rings (SSSR count). The van der Waals surface area contributed by atoms with Crippen LogP contribution in [0.25, 0.3) is 0 Å². The first kappa shape index (κ1) is 18.2. The van der Waals surface area contributed by atoms with Gasteiger partial charge in [-0.05, 0) is 43.3 Å². The third-order valence-electron chi connectivity index (χ3n) is 3.04. The number of amides is 3. The Morgan fingerprint density at radius 1 is 1.04 bits per heavy atom. The Balaban J connectivity index is 1.87. The molecule has 0 saturated heterocycles. The molecular formula is C17H17F2N3O3. The number of urea groups is 1. The highest BCUT2D eigenvalue weighted by atomic mass is 19.1. The molecule has 8 heteroatoms. The minimum Gasteiger partial charge on any atom is -0.484 e. The number of ether oxygens (including phenoxy) is 1. The number of benzene rings is 2. The second-order valence-corrected chi connectivity index (χ2v) is 4.97. The van der Waals surface area contributed by atoms with E-state index in [0.717, 1.165) is 12.1 Å². The fourth-order valence-corrected chi connectivity index (χ4v) is 1.91. The normalized spacial score (nSPS) is 10.0. The molecule has 0 unspecified atom stereocenters. The predicted octanol–water partition coefficient (Wildman–Crippen LogP) is 3.12. The molecule has 25 heavy (non-hydrogen) atoms. The van der Waals surface area contributed by atoms with E-state index in [4.69, 9.17) is 4.74 Å². The summed E-state index contributed by atoms with van der Waals surface area (Å²) < 4.78 is 31.6. The second-order valence-electron chi connectivity index (χ2n) is 4.97. The quantitative estimate of drug-likeness (QED) is 0.750. The van der Waals surface area contributed by atoms with Gasteiger partial charge in [0.1, 0.15) is 17.4 Å². The van der Waals surface area contributed by atoms with Crippen LogP contribution in [0, 0.1) is 11.6 Å². The second kappa shape index (κ2) is 8.62. The molecule has 3 N–H and O–H groups in total. The average Bonchev–Trinajstić information content (AvgIpc) is 2.57. The first-order valence-corrected chi connectivity index (χ1v) is 7.50. The van der Waals surface area contributed by atoms with E-state index in [2.05, 4.69) is 16.0 Å². The maximum Gasteiger partial charge on any atom is 0.323 e. The lowest BCUT2D eigenvalue weighted by Gasteiger charge is -2.10. The number of nitrogens with one attached hydrogen (secondary N) is 3. The third kappa shape index (κ3) is 5.76. The van der Waals surface area contributed by atoms with Crippen molar-refractivity contribution in [3.8, 4) is 5.75 Å². The minimum absolute atomic E-state index is 0.106. The van der Waals surface area contributed by atoms with Crippen LogP contribution in [0.2, 0.25) is 0 Å². The number of halogens is 2. The molecule has 0 aliphatic heterocycles. The van der Waals surface area contributed by atoms with Crippen LogP contribution >= 0.6 is 0 Å². The van der Waals surface area contributed by atoms with Gasteiger partial charge in [-0.25, -0.2) is 13.6 Å². The molecule has 6 nitrogen and oxygen atoms in total. The molecule has 0 fully saturated rings. The van der Waals surface area contributed by atoms with Gasteiger partial charge in [-0.3, -0.25) is 4.79 Å². The molecule has 132 valence electrons. The van der Waals surface area contributed by atoms with Crippen LogP contribution in [0.3, 0.4) is 0 Å². The largest absolute Gasteiger partial charge is 0.484 e. The molecule has 2 aromatic rings. The number of carbonyl (C=O) groups is 2. The molecule has 0 bridgehead atoms. The minimum atomic E-state index is -0.871. The van der Waals surface area contributed by atoms with Crippen molar-refractivity contribution in [1.29, 1.82) is 0 Å². The van der Waals surface area contributed by atoms with Gasteiger partial charge in [0.25, 0.3) is 5.91 Å². The Hall–Kier alpha value is -3.16. The zero-order valence-corrected chi connectivity index (χ0v) is 13.4. The summed E-state index contributed by atoms with van der Waals surface area (Å²) in [6.45, 7) is 2.22. The van der Waals surface area contributed by atoms with Crippen LogP contribution in [0.4, 0.5) is 25.0 Å². The summed E-state index contributed by atoms with van der Waals surface area (Å²) in [6, 6.07) is 8.45. The van der Waals surface area contributed by atoms with Crippen LogP contribution in [0.5, 0.6) is 5.75 Å². The molecule has 2 aromatic carbocycles. The highest BCUT2D eigenvalue weighted by Gasteiger charge is 2.08. The summed E-state index contributed by atoms with van der Waals surface area (Å²) in [5.74, 6) is -1.37. The Labute approximate surface area is 143 Å². The fourth-order valence-electron chi connectivity index (χ4n) is 1.91. The van der Waals surface area contributed by atoms with E-state index in [1.165, 1.54) is 0 Å². The molecule has 0 spiro atoms. The lowest BCUT2D eigenvalue weighted by Crippen LogP contribution is -2.28. The van der Waals surface area contributed by atoms with Gasteiger partial charge < -0.3 is 20.7 Å². The number of likely N-dealkylation sites (N-methyl/N-ethyl adjacent to an activating group) is 1. The summed E-state index contributed by atoms with van der Waals surface area (Å²) in [5.41, 5.74) is 0.297. The van der Waals surface area contributed by atoms with E-state index in [-0.39, 0.29) is 18.2 Å². The van der Waals surface area contributed by atoms with Crippen LogP contribution in [-0.4, -0.2) is 25.1 Å². The van der Waals surface area contributed by atoms with Gasteiger partial charge in [0.15, 0.2) is 6.61 Å². The first-order chi connectivity index (χ1) is 12.0. The van der Waals surface area contributed by atoms with Crippen LogP contribution < -0.4 is 20.7 Å². The Bertz CT molecular complexity index is 751.